The minimum absolute atomic E-state index is 0.134. The van der Waals surface area contributed by atoms with Crippen LogP contribution in [0.2, 0.25) is 0 Å². The minimum atomic E-state index is -0.984. The predicted octanol–water partition coefficient (Wildman–Crippen LogP) is 9.72. The maximum Gasteiger partial charge on any atom is 0.305 e. The molecule has 0 aliphatic heterocycles. The van der Waals surface area contributed by atoms with E-state index in [1.165, 1.54) is 57.8 Å². The summed E-state index contributed by atoms with van der Waals surface area (Å²) < 4.78 is 10.3. The number of unbranched alkanes of at least 4 members (excludes halogenated alkanes) is 15. The molecule has 0 aromatic carbocycles. The van der Waals surface area contributed by atoms with Crippen molar-refractivity contribution in [3.8, 4) is 0 Å². The van der Waals surface area contributed by atoms with Gasteiger partial charge in [-0.25, -0.2) is 0 Å². The molecule has 2 N–H and O–H groups in total. The van der Waals surface area contributed by atoms with E-state index in [0.29, 0.717) is 19.3 Å². The Morgan fingerprint density at radius 1 is 0.614 bits per heavy atom. The number of carbonyl (C=O) groups is 2. The molecular weight excluding hydrogens is 552 g/mol. The van der Waals surface area contributed by atoms with Gasteiger partial charge in [-0.1, -0.05) is 147 Å². The van der Waals surface area contributed by atoms with E-state index < -0.39 is 12.2 Å². The highest BCUT2D eigenvalue weighted by Crippen LogP contribution is 2.14. The Morgan fingerprint density at radius 3 is 1.59 bits per heavy atom. The zero-order valence-corrected chi connectivity index (χ0v) is 28.7. The fourth-order valence-corrected chi connectivity index (χ4v) is 4.89. The molecule has 0 aliphatic carbocycles. The number of aliphatic hydroxyl groups is 2. The number of hydrogen-bond acceptors (Lipinski definition) is 6. The van der Waals surface area contributed by atoms with Crippen molar-refractivity contribution in [3.05, 3.63) is 36.5 Å². The van der Waals surface area contributed by atoms with Gasteiger partial charge in [0.2, 0.25) is 0 Å². The van der Waals surface area contributed by atoms with E-state index in [1.807, 2.05) is 24.3 Å². The van der Waals surface area contributed by atoms with Crippen molar-refractivity contribution in [1.29, 1.82) is 0 Å². The Hall–Kier alpha value is -1.92. The Bertz CT molecular complexity index is 742. The third-order valence-corrected chi connectivity index (χ3v) is 7.65. The van der Waals surface area contributed by atoms with Gasteiger partial charge in [0.05, 0.1) is 6.10 Å². The van der Waals surface area contributed by atoms with Gasteiger partial charge in [0.25, 0.3) is 0 Å². The largest absolute Gasteiger partial charge is 0.463 e. The van der Waals surface area contributed by atoms with E-state index >= 15 is 0 Å². The van der Waals surface area contributed by atoms with Gasteiger partial charge in [-0.3, -0.25) is 9.59 Å². The average Bonchev–Trinajstić information content (AvgIpc) is 3.00. The molecule has 1 unspecified atom stereocenters. The smallest absolute Gasteiger partial charge is 0.305 e. The number of aliphatic hydroxyl groups excluding tert-OH is 2. The molecule has 0 aromatic heterocycles. The number of allylic oxidation sites excluding steroid dienone is 4. The third kappa shape index (κ3) is 33.0. The molecule has 6 heteroatoms. The van der Waals surface area contributed by atoms with Gasteiger partial charge in [-0.05, 0) is 44.4 Å². The Labute approximate surface area is 270 Å². The quantitative estimate of drug-likeness (QED) is 0.0347. The predicted molar refractivity (Wildman–Crippen MR) is 183 cm³/mol. The normalized spacial score (nSPS) is 13.4. The first-order chi connectivity index (χ1) is 21.3. The summed E-state index contributed by atoms with van der Waals surface area (Å²) in [6.07, 6.45) is 33.8. The number of esters is 2. The second kappa shape index (κ2) is 32.5. The highest BCUT2D eigenvalue weighted by Gasteiger charge is 2.12. The standard InChI is InChI=1S/C38H68O6/c1-4-5-22-28-35(39)29-24-19-15-11-9-13-17-21-26-31-38(42)44-33-36(40)32-43-37(41)30-25-20-16-12-8-6-7-10-14-18-23-27-34(2)3/h5,15,19,22,24,29,34-36,39-40H,4,6-14,16-18,20-21,23,25-28,30-33H2,1-3H3/b19-15+,22-5+,29-24+/t35?,36-/m1/s1. The van der Waals surface area contributed by atoms with Gasteiger partial charge < -0.3 is 19.7 Å². The molecule has 0 bridgehead atoms. The molecule has 0 saturated heterocycles. The van der Waals surface area contributed by atoms with Gasteiger partial charge >= 0.3 is 11.9 Å². The van der Waals surface area contributed by atoms with Crippen molar-refractivity contribution in [2.24, 2.45) is 5.92 Å². The number of rotatable bonds is 31. The average molecular weight is 621 g/mol. The Kier molecular flexibility index (Phi) is 31.1. The van der Waals surface area contributed by atoms with Crippen molar-refractivity contribution < 1.29 is 29.3 Å². The van der Waals surface area contributed by atoms with E-state index in [9.17, 15) is 19.8 Å². The van der Waals surface area contributed by atoms with Crippen LogP contribution in [0.25, 0.3) is 0 Å². The molecule has 256 valence electrons. The third-order valence-electron chi connectivity index (χ3n) is 7.65. The summed E-state index contributed by atoms with van der Waals surface area (Å²) in [6, 6.07) is 0. The summed E-state index contributed by atoms with van der Waals surface area (Å²) in [5, 5.41) is 19.8. The topological polar surface area (TPSA) is 93.1 Å². The van der Waals surface area contributed by atoms with Crippen LogP contribution < -0.4 is 0 Å². The number of hydrogen-bond donors (Lipinski definition) is 2. The summed E-state index contributed by atoms with van der Waals surface area (Å²) in [6.45, 7) is 6.39. The summed E-state index contributed by atoms with van der Waals surface area (Å²) in [5.74, 6) is 0.212. The molecule has 0 fully saturated rings. The van der Waals surface area contributed by atoms with Crippen LogP contribution >= 0.6 is 0 Å². The van der Waals surface area contributed by atoms with Gasteiger partial charge in [0.15, 0.2) is 0 Å². The molecule has 44 heavy (non-hydrogen) atoms. The van der Waals surface area contributed by atoms with Gasteiger partial charge in [-0.2, -0.15) is 0 Å². The van der Waals surface area contributed by atoms with E-state index in [1.54, 1.807) is 0 Å². The summed E-state index contributed by atoms with van der Waals surface area (Å²) in [4.78, 5) is 23.8. The van der Waals surface area contributed by atoms with Gasteiger partial charge in [0, 0.05) is 12.8 Å². The lowest BCUT2D eigenvalue weighted by Crippen LogP contribution is -2.25. The van der Waals surface area contributed by atoms with Crippen LogP contribution in [-0.2, 0) is 19.1 Å². The fourth-order valence-electron chi connectivity index (χ4n) is 4.89. The van der Waals surface area contributed by atoms with Gasteiger partial charge in [0.1, 0.15) is 19.3 Å². The van der Waals surface area contributed by atoms with E-state index in [-0.39, 0.29) is 25.2 Å². The van der Waals surface area contributed by atoms with Crippen LogP contribution in [0.5, 0.6) is 0 Å². The summed E-state index contributed by atoms with van der Waals surface area (Å²) in [7, 11) is 0. The second-order valence-corrected chi connectivity index (χ2v) is 12.6. The highest BCUT2D eigenvalue weighted by molar-refractivity contribution is 5.69. The Morgan fingerprint density at radius 2 is 1.09 bits per heavy atom. The highest BCUT2D eigenvalue weighted by atomic mass is 16.6. The summed E-state index contributed by atoms with van der Waals surface area (Å²) >= 11 is 0. The molecule has 0 spiro atoms. The fraction of sp³-hybridized carbons (Fsp3) is 0.789. The lowest BCUT2D eigenvalue weighted by atomic mass is 10.0. The van der Waals surface area contributed by atoms with Crippen LogP contribution in [0.4, 0.5) is 0 Å². The molecule has 0 radical (unpaired) electrons. The zero-order chi connectivity index (χ0) is 32.5. The van der Waals surface area contributed by atoms with E-state index in [2.05, 4.69) is 32.9 Å². The molecule has 0 aliphatic rings. The molecule has 0 aromatic rings. The first-order valence-corrected chi connectivity index (χ1v) is 18.0. The molecule has 0 saturated carbocycles. The molecular formula is C38H68O6. The first kappa shape index (κ1) is 42.1. The maximum absolute atomic E-state index is 11.9. The van der Waals surface area contributed by atoms with Crippen LogP contribution in [0.15, 0.2) is 36.5 Å². The van der Waals surface area contributed by atoms with Crippen molar-refractivity contribution in [2.45, 2.75) is 174 Å². The Balaban J connectivity index is 3.52. The molecule has 0 heterocycles. The maximum atomic E-state index is 11.9. The SMILES string of the molecule is CC/C=C/CC(O)/C=C/C=C/CCCCCCCC(=O)OC[C@H](O)COC(=O)CCCCCCCCCCCCCC(C)C. The second-order valence-electron chi connectivity index (χ2n) is 12.6. The van der Waals surface area contributed by atoms with Crippen molar-refractivity contribution in [2.75, 3.05) is 13.2 Å². The molecule has 2 atom stereocenters. The monoisotopic (exact) mass is 621 g/mol. The molecule has 0 rings (SSSR count). The van der Waals surface area contributed by atoms with Crippen molar-refractivity contribution in [3.63, 3.8) is 0 Å². The van der Waals surface area contributed by atoms with E-state index in [0.717, 1.165) is 70.1 Å². The van der Waals surface area contributed by atoms with Crippen LogP contribution in [0.1, 0.15) is 162 Å². The van der Waals surface area contributed by atoms with Crippen LogP contribution in [0.3, 0.4) is 0 Å². The van der Waals surface area contributed by atoms with Crippen molar-refractivity contribution >= 4 is 11.9 Å². The summed E-state index contributed by atoms with van der Waals surface area (Å²) in [5.41, 5.74) is 0. The minimum Gasteiger partial charge on any atom is -0.463 e. The van der Waals surface area contributed by atoms with Crippen molar-refractivity contribution in [1.82, 2.24) is 0 Å². The lowest BCUT2D eigenvalue weighted by Gasteiger charge is -2.12. The lowest BCUT2D eigenvalue weighted by molar-refractivity contribution is -0.152. The zero-order valence-electron chi connectivity index (χ0n) is 28.7. The van der Waals surface area contributed by atoms with Crippen LogP contribution in [-0.4, -0.2) is 47.6 Å². The first-order valence-electron chi connectivity index (χ1n) is 18.0. The van der Waals surface area contributed by atoms with Gasteiger partial charge in [-0.15, -0.1) is 0 Å². The molecule has 0 amide bonds. The number of carbonyl (C=O) groups excluding carboxylic acids is 2. The molecule has 6 nitrogen and oxygen atoms in total. The number of ether oxygens (including phenoxy) is 2. The van der Waals surface area contributed by atoms with E-state index in [4.69, 9.17) is 9.47 Å². The van der Waals surface area contributed by atoms with Crippen LogP contribution in [0, 0.1) is 5.92 Å².